The van der Waals surface area contributed by atoms with Crippen LogP contribution in [0.1, 0.15) is 84.5 Å². The Hall–Kier alpha value is -1.67. The van der Waals surface area contributed by atoms with Crippen molar-refractivity contribution in [1.29, 1.82) is 0 Å². The molecule has 3 N–H and O–H groups in total. The Morgan fingerprint density at radius 2 is 1.66 bits per heavy atom. The number of anilines is 1. The summed E-state index contributed by atoms with van der Waals surface area (Å²) in [6.45, 7) is 5.81. The largest absolute Gasteiger partial charge is 0.382 e. The van der Waals surface area contributed by atoms with Crippen molar-refractivity contribution in [2.24, 2.45) is 0 Å². The highest BCUT2D eigenvalue weighted by Crippen LogP contribution is 2.42. The van der Waals surface area contributed by atoms with Crippen LogP contribution >= 0.6 is 17.6 Å². The summed E-state index contributed by atoms with van der Waals surface area (Å²) in [7, 11) is -4.51. The third-order valence-electron chi connectivity index (χ3n) is 6.79. The van der Waals surface area contributed by atoms with Gasteiger partial charge >= 0.3 is 7.60 Å². The molecular formula is C29H52N5O5PS. The van der Waals surface area contributed by atoms with Gasteiger partial charge in [0.15, 0.2) is 11.5 Å². The van der Waals surface area contributed by atoms with Gasteiger partial charge in [0.1, 0.15) is 18.2 Å². The Morgan fingerprint density at radius 3 is 2.37 bits per heavy atom. The number of unbranched alkanes of at least 4 members (excludes halogenated alkanes) is 9. The Bertz CT molecular complexity index is 1120. The number of fused-ring (bicyclic) bond motifs is 1. The lowest BCUT2D eigenvalue weighted by Crippen LogP contribution is -2.17. The molecule has 2 atom stereocenters. The van der Waals surface area contributed by atoms with Crippen LogP contribution < -0.4 is 5.73 Å². The van der Waals surface area contributed by atoms with Crippen LogP contribution in [0, 0.1) is 11.2 Å². The van der Waals surface area contributed by atoms with Crippen molar-refractivity contribution in [3.63, 3.8) is 0 Å². The van der Waals surface area contributed by atoms with E-state index in [4.69, 9.17) is 19.7 Å². The molecule has 2 heterocycles. The van der Waals surface area contributed by atoms with Crippen molar-refractivity contribution < 1.29 is 23.5 Å². The molecule has 2 aromatic heterocycles. The van der Waals surface area contributed by atoms with Gasteiger partial charge in [-0.1, -0.05) is 63.0 Å². The van der Waals surface area contributed by atoms with E-state index in [0.29, 0.717) is 43.2 Å². The van der Waals surface area contributed by atoms with Crippen LogP contribution in [0.5, 0.6) is 0 Å². The van der Waals surface area contributed by atoms with E-state index in [1.54, 1.807) is 17.8 Å². The van der Waals surface area contributed by atoms with E-state index in [-0.39, 0.29) is 19.1 Å². The zero-order valence-corrected chi connectivity index (χ0v) is 27.3. The second-order valence-electron chi connectivity index (χ2n) is 10.9. The Balaban J connectivity index is 1.39. The summed E-state index contributed by atoms with van der Waals surface area (Å²) >= 11 is 0. The number of hydrogen-bond donors (Lipinski definition) is 2. The van der Waals surface area contributed by atoms with Crippen molar-refractivity contribution in [3.8, 4) is 11.2 Å². The maximum Gasteiger partial charge on any atom is 0.353 e. The zero-order chi connectivity index (χ0) is 30.0. The molecule has 1 unspecified atom stereocenters. The molecule has 0 radical (unpaired) electrons. The number of aromatic nitrogens is 4. The maximum absolute atomic E-state index is 12.3. The molecule has 41 heavy (non-hydrogen) atoms. The first kappa shape index (κ1) is 35.5. The predicted molar refractivity (Wildman–Crippen MR) is 170 cm³/mol. The highest BCUT2D eigenvalue weighted by Gasteiger charge is 2.21. The van der Waals surface area contributed by atoms with E-state index in [9.17, 15) is 9.46 Å². The molecule has 10 nitrogen and oxygen atoms in total. The number of nitrogens with two attached hydrogens (primary N) is 1. The average Bonchev–Trinajstić information content (AvgIpc) is 3.35. The highest BCUT2D eigenvalue weighted by molar-refractivity contribution is 8.36. The fourth-order valence-electron chi connectivity index (χ4n) is 4.06. The Labute approximate surface area is 248 Å². The molecule has 12 heteroatoms. The number of hydrogen-bond acceptors (Lipinski definition) is 8. The summed E-state index contributed by atoms with van der Waals surface area (Å²) in [5, 5.41) is 3.47. The van der Waals surface area contributed by atoms with Gasteiger partial charge in [-0.15, -0.1) is 0 Å². The number of nitrogen functional groups attached to an aromatic ring is 1. The minimum atomic E-state index is -3.84. The number of nitrogens with zero attached hydrogens (tertiary/aromatic N) is 4. The first-order valence-electron chi connectivity index (χ1n) is 14.9. The molecule has 0 aliphatic rings. The summed E-state index contributed by atoms with van der Waals surface area (Å²) < 4.78 is 30.5. The van der Waals surface area contributed by atoms with Gasteiger partial charge < -0.3 is 29.2 Å². The van der Waals surface area contributed by atoms with Crippen LogP contribution in [0.4, 0.5) is 5.82 Å². The second-order valence-corrected chi connectivity index (χ2v) is 16.6. The molecule has 0 amide bonds. The quantitative estimate of drug-likeness (QED) is 0.0888. The van der Waals surface area contributed by atoms with Gasteiger partial charge in [-0.05, 0) is 44.5 Å². The van der Waals surface area contributed by atoms with E-state index < -0.39 is 17.6 Å². The normalized spacial score (nSPS) is 14.5. The lowest BCUT2D eigenvalue weighted by atomic mass is 10.1. The van der Waals surface area contributed by atoms with E-state index >= 15 is 0 Å². The molecule has 0 aromatic carbocycles. The average molecular weight is 614 g/mol. The van der Waals surface area contributed by atoms with Crippen LogP contribution in [-0.4, -0.2) is 74.9 Å². The van der Waals surface area contributed by atoms with Gasteiger partial charge in [-0.3, -0.25) is 4.57 Å². The first-order chi connectivity index (χ1) is 19.6. The van der Waals surface area contributed by atoms with E-state index in [0.717, 1.165) is 12.8 Å². The summed E-state index contributed by atoms with van der Waals surface area (Å²) in [6.07, 6.45) is 19.7. The molecule has 2 rings (SSSR count). The molecule has 0 saturated carbocycles. The van der Waals surface area contributed by atoms with E-state index in [1.807, 2.05) is 0 Å². The summed E-state index contributed by atoms with van der Waals surface area (Å²) in [5.74, 6) is 4.88. The Morgan fingerprint density at radius 1 is 1.00 bits per heavy atom. The van der Waals surface area contributed by atoms with Gasteiger partial charge in [0, 0.05) is 19.6 Å². The number of ether oxygens (including phenoxy) is 2. The minimum absolute atomic E-state index is 0.151. The van der Waals surface area contributed by atoms with Crippen molar-refractivity contribution in [1.82, 2.24) is 19.5 Å². The molecular weight excluding hydrogens is 561 g/mol. The first-order valence-corrected chi connectivity index (χ1v) is 19.3. The van der Waals surface area contributed by atoms with Crippen LogP contribution in [0.25, 0.3) is 11.2 Å². The molecule has 0 fully saturated rings. The molecule has 0 saturated heterocycles. The molecule has 0 aliphatic heterocycles. The van der Waals surface area contributed by atoms with Crippen molar-refractivity contribution >= 4 is 34.6 Å². The maximum atomic E-state index is 12.3. The molecule has 0 aliphatic carbocycles. The molecule has 0 spiro atoms. The Kier molecular flexibility index (Phi) is 16.9. The smallest absolute Gasteiger partial charge is 0.353 e. The van der Waals surface area contributed by atoms with Crippen LogP contribution in [-0.2, 0) is 25.1 Å². The molecule has 0 bridgehead atoms. The van der Waals surface area contributed by atoms with Gasteiger partial charge in [0.25, 0.3) is 0 Å². The topological polar surface area (TPSA) is 135 Å². The summed E-state index contributed by atoms with van der Waals surface area (Å²) in [4.78, 5) is 22.4. The number of imidazole rings is 1. The van der Waals surface area contributed by atoms with E-state index in [2.05, 4.69) is 45.6 Å². The number of rotatable bonds is 22. The van der Waals surface area contributed by atoms with Crippen LogP contribution in [0.3, 0.4) is 0 Å². The van der Waals surface area contributed by atoms with Crippen LogP contribution in [0.2, 0.25) is 0 Å². The summed E-state index contributed by atoms with van der Waals surface area (Å²) in [5.41, 5.74) is 6.91. The fourth-order valence-corrected chi connectivity index (χ4v) is 5.63. The lowest BCUT2D eigenvalue weighted by molar-refractivity contribution is 0.0688. The van der Waals surface area contributed by atoms with Crippen molar-refractivity contribution in [2.45, 2.75) is 97.1 Å². The summed E-state index contributed by atoms with van der Waals surface area (Å²) in [6, 6.07) is 0. The van der Waals surface area contributed by atoms with Crippen molar-refractivity contribution in [2.75, 3.05) is 50.2 Å². The molecule has 234 valence electrons. The highest BCUT2D eigenvalue weighted by atomic mass is 32.3. The van der Waals surface area contributed by atoms with Gasteiger partial charge in [0.05, 0.1) is 25.6 Å². The second kappa shape index (κ2) is 19.5. The van der Waals surface area contributed by atoms with Crippen LogP contribution in [0.15, 0.2) is 12.7 Å². The monoisotopic (exact) mass is 613 g/mol. The zero-order valence-electron chi connectivity index (χ0n) is 25.6. The third-order valence-corrected chi connectivity index (χ3v) is 9.99. The third kappa shape index (κ3) is 15.4. The molecule has 2 aromatic rings. The predicted octanol–water partition coefficient (Wildman–Crippen LogP) is 6.33. The SMILES string of the molecule is CCS(C)(C)C#CCCCCCCCCCCCOCCCOP(=O)(O)CO[C@H](C)Cn1cnc2c(N)ncnc21. The van der Waals surface area contributed by atoms with Gasteiger partial charge in [-0.2, -0.15) is 10.0 Å². The standard InChI is InChI=1S/C29H52N5O5PS/c1-5-41(3,4)21-16-14-12-10-8-6-7-9-11-13-15-18-37-19-17-20-39-40(35,36)25-38-26(2)22-34-24-33-27-28(30)31-23-32-29(27)34/h23-24,26H,5-15,17-20,22,25H2,1-4H3,(H,35,36)(H2,30,31,32)/t26-/m1/s1. The van der Waals surface area contributed by atoms with Crippen molar-refractivity contribution in [3.05, 3.63) is 12.7 Å². The minimum Gasteiger partial charge on any atom is -0.382 e. The van der Waals surface area contributed by atoms with E-state index in [1.165, 1.54) is 63.4 Å². The van der Waals surface area contributed by atoms with Gasteiger partial charge in [0.2, 0.25) is 0 Å². The fraction of sp³-hybridized carbons (Fsp3) is 0.759. The lowest BCUT2D eigenvalue weighted by Gasteiger charge is -2.20. The van der Waals surface area contributed by atoms with Gasteiger partial charge in [-0.25, -0.2) is 15.0 Å².